The van der Waals surface area contributed by atoms with Gasteiger partial charge in [0, 0.05) is 23.6 Å². The number of carbonyl (C=O) groups is 1. The number of ether oxygens (including phenoxy) is 1. The number of nitrogens with one attached hydrogen (secondary N) is 1. The van der Waals surface area contributed by atoms with Gasteiger partial charge in [-0.25, -0.2) is 4.79 Å². The first-order valence-corrected chi connectivity index (χ1v) is 7.19. The van der Waals surface area contributed by atoms with E-state index in [2.05, 4.69) is 17.2 Å². The lowest BCUT2D eigenvalue weighted by atomic mass is 10.1. The van der Waals surface area contributed by atoms with Gasteiger partial charge in [-0.15, -0.1) is 0 Å². The Hall–Kier alpha value is -1.87. The highest BCUT2D eigenvalue weighted by Crippen LogP contribution is 2.31. The van der Waals surface area contributed by atoms with E-state index in [1.54, 1.807) is 20.8 Å². The predicted octanol–water partition coefficient (Wildman–Crippen LogP) is 4.63. The topological polar surface area (TPSA) is 38.3 Å². The van der Waals surface area contributed by atoms with E-state index in [0.717, 1.165) is 12.1 Å². The Kier molecular flexibility index (Phi) is 6.34. The van der Waals surface area contributed by atoms with Gasteiger partial charge in [0.05, 0.1) is 5.56 Å². The highest BCUT2D eigenvalue weighted by Gasteiger charge is 2.30. The zero-order valence-corrected chi connectivity index (χ0v) is 13.7. The van der Waals surface area contributed by atoms with Crippen molar-refractivity contribution < 1.29 is 22.7 Å². The van der Waals surface area contributed by atoms with Crippen molar-refractivity contribution >= 4 is 17.7 Å². The molecule has 1 rings (SSSR count). The minimum Gasteiger partial charge on any atom is -0.444 e. The Morgan fingerprint density at radius 2 is 1.91 bits per heavy atom. The Balaban J connectivity index is 2.58. The largest absolute Gasteiger partial charge is 0.444 e. The van der Waals surface area contributed by atoms with Crippen LogP contribution >= 0.6 is 11.6 Å². The summed E-state index contributed by atoms with van der Waals surface area (Å²) in [4.78, 5) is 11.4. The lowest BCUT2D eigenvalue weighted by molar-refractivity contribution is -0.137. The second kappa shape index (κ2) is 7.60. The van der Waals surface area contributed by atoms with E-state index in [0.29, 0.717) is 0 Å². The molecular formula is C16H17ClF3NO2. The quantitative estimate of drug-likeness (QED) is 0.626. The minimum atomic E-state index is -4.47. The molecular weight excluding hydrogens is 331 g/mol. The van der Waals surface area contributed by atoms with Crippen molar-refractivity contribution in [1.29, 1.82) is 0 Å². The Bertz CT molecular complexity index is 625. The molecule has 0 aliphatic heterocycles. The number of halogens is 4. The molecule has 0 heterocycles. The third kappa shape index (κ3) is 7.80. The molecule has 0 aromatic heterocycles. The SMILES string of the molecule is CC(C)(C)OC(=O)NCCC#Cc1cc(Cl)cc(C(F)(F)F)c1. The summed E-state index contributed by atoms with van der Waals surface area (Å²) >= 11 is 5.66. The van der Waals surface area contributed by atoms with E-state index in [1.807, 2.05) is 0 Å². The molecule has 126 valence electrons. The van der Waals surface area contributed by atoms with Crippen molar-refractivity contribution in [2.75, 3.05) is 6.54 Å². The molecule has 0 aliphatic rings. The van der Waals surface area contributed by atoms with Crippen LogP contribution in [0.1, 0.15) is 38.3 Å². The van der Waals surface area contributed by atoms with Gasteiger partial charge in [0.2, 0.25) is 0 Å². The first kappa shape index (κ1) is 19.2. The fourth-order valence-electron chi connectivity index (χ4n) is 1.53. The number of rotatable bonds is 2. The van der Waals surface area contributed by atoms with Crippen molar-refractivity contribution in [1.82, 2.24) is 5.32 Å². The molecule has 1 amide bonds. The van der Waals surface area contributed by atoms with Crippen LogP contribution < -0.4 is 5.32 Å². The molecule has 1 N–H and O–H groups in total. The summed E-state index contributed by atoms with van der Waals surface area (Å²) in [6, 6.07) is 3.13. The summed E-state index contributed by atoms with van der Waals surface area (Å²) in [5.41, 5.74) is -1.27. The molecule has 0 bridgehead atoms. The van der Waals surface area contributed by atoms with Crippen LogP contribution in [0.25, 0.3) is 0 Å². The monoisotopic (exact) mass is 347 g/mol. The summed E-state index contributed by atoms with van der Waals surface area (Å²) in [6.45, 7) is 5.45. The number of hydrogen-bond donors (Lipinski definition) is 1. The molecule has 7 heteroatoms. The molecule has 1 aromatic carbocycles. The zero-order chi connectivity index (χ0) is 17.7. The normalized spacial score (nSPS) is 11.4. The first-order valence-electron chi connectivity index (χ1n) is 6.81. The summed E-state index contributed by atoms with van der Waals surface area (Å²) in [5, 5.41) is 2.47. The molecule has 23 heavy (non-hydrogen) atoms. The predicted molar refractivity (Wildman–Crippen MR) is 82.2 cm³/mol. The fraction of sp³-hybridized carbons (Fsp3) is 0.438. The van der Waals surface area contributed by atoms with E-state index < -0.39 is 23.4 Å². The first-order chi connectivity index (χ1) is 10.5. The van der Waals surface area contributed by atoms with Crippen molar-refractivity contribution in [3.8, 4) is 11.8 Å². The molecule has 0 aliphatic carbocycles. The highest BCUT2D eigenvalue weighted by atomic mass is 35.5. The van der Waals surface area contributed by atoms with Crippen LogP contribution in [0, 0.1) is 11.8 Å². The summed E-state index contributed by atoms with van der Waals surface area (Å²) in [5.74, 6) is 5.27. The maximum Gasteiger partial charge on any atom is 0.416 e. The molecule has 0 radical (unpaired) electrons. The Morgan fingerprint density at radius 1 is 1.26 bits per heavy atom. The zero-order valence-electron chi connectivity index (χ0n) is 13.0. The highest BCUT2D eigenvalue weighted by molar-refractivity contribution is 6.30. The van der Waals surface area contributed by atoms with E-state index >= 15 is 0 Å². The van der Waals surface area contributed by atoms with Crippen molar-refractivity contribution in [2.45, 2.75) is 39.0 Å². The van der Waals surface area contributed by atoms with E-state index in [4.69, 9.17) is 16.3 Å². The lowest BCUT2D eigenvalue weighted by Gasteiger charge is -2.19. The van der Waals surface area contributed by atoms with E-state index in [-0.39, 0.29) is 23.6 Å². The standard InChI is InChI=1S/C16H17ClF3NO2/c1-15(2,3)23-14(22)21-7-5-4-6-11-8-12(16(18,19)20)10-13(17)9-11/h8-10H,5,7H2,1-3H3,(H,21,22). The number of carbonyl (C=O) groups excluding carboxylic acids is 1. The number of alkyl halides is 3. The lowest BCUT2D eigenvalue weighted by Crippen LogP contribution is -2.32. The summed E-state index contributed by atoms with van der Waals surface area (Å²) in [6.07, 6.45) is -4.77. The van der Waals surface area contributed by atoms with Crippen molar-refractivity contribution in [2.24, 2.45) is 0 Å². The van der Waals surface area contributed by atoms with Gasteiger partial charge in [-0.05, 0) is 39.0 Å². The second-order valence-electron chi connectivity index (χ2n) is 5.71. The van der Waals surface area contributed by atoms with Gasteiger partial charge in [-0.3, -0.25) is 0 Å². The van der Waals surface area contributed by atoms with Gasteiger partial charge >= 0.3 is 12.3 Å². The van der Waals surface area contributed by atoms with E-state index in [9.17, 15) is 18.0 Å². The molecule has 0 spiro atoms. The van der Waals surface area contributed by atoms with Crippen LogP contribution in [-0.4, -0.2) is 18.2 Å². The molecule has 0 unspecified atom stereocenters. The van der Waals surface area contributed by atoms with E-state index in [1.165, 1.54) is 6.07 Å². The Labute approximate surface area is 138 Å². The third-order valence-electron chi connectivity index (χ3n) is 2.38. The Morgan fingerprint density at radius 3 is 2.48 bits per heavy atom. The number of benzene rings is 1. The average molecular weight is 348 g/mol. The molecule has 1 aromatic rings. The second-order valence-corrected chi connectivity index (χ2v) is 6.14. The number of amides is 1. The van der Waals surface area contributed by atoms with Crippen molar-refractivity contribution in [3.05, 3.63) is 34.3 Å². The van der Waals surface area contributed by atoms with Crippen LogP contribution in [0.2, 0.25) is 5.02 Å². The molecule has 3 nitrogen and oxygen atoms in total. The van der Waals surface area contributed by atoms with Gasteiger partial charge < -0.3 is 10.1 Å². The maximum atomic E-state index is 12.6. The summed E-state index contributed by atoms with van der Waals surface area (Å²) in [7, 11) is 0. The van der Waals surface area contributed by atoms with Crippen LogP contribution in [0.4, 0.5) is 18.0 Å². The van der Waals surface area contributed by atoms with Gasteiger partial charge in [0.25, 0.3) is 0 Å². The van der Waals surface area contributed by atoms with Crippen LogP contribution in [-0.2, 0) is 10.9 Å². The minimum absolute atomic E-state index is 0.0315. The fourth-order valence-corrected chi connectivity index (χ4v) is 1.77. The van der Waals surface area contributed by atoms with Gasteiger partial charge in [0.1, 0.15) is 5.60 Å². The molecule has 0 saturated carbocycles. The summed E-state index contributed by atoms with van der Waals surface area (Å²) < 4.78 is 43.0. The average Bonchev–Trinajstić information content (AvgIpc) is 2.34. The van der Waals surface area contributed by atoms with Gasteiger partial charge in [0.15, 0.2) is 0 Å². The van der Waals surface area contributed by atoms with Crippen LogP contribution in [0.5, 0.6) is 0 Å². The molecule has 0 atom stereocenters. The third-order valence-corrected chi connectivity index (χ3v) is 2.59. The molecule has 0 fully saturated rings. The number of alkyl carbamates (subject to hydrolysis) is 1. The van der Waals surface area contributed by atoms with Crippen molar-refractivity contribution in [3.63, 3.8) is 0 Å². The van der Waals surface area contributed by atoms with Gasteiger partial charge in [-0.1, -0.05) is 23.4 Å². The van der Waals surface area contributed by atoms with Crippen LogP contribution in [0.3, 0.4) is 0 Å². The maximum absolute atomic E-state index is 12.6. The van der Waals surface area contributed by atoms with Crippen LogP contribution in [0.15, 0.2) is 18.2 Å². The smallest absolute Gasteiger partial charge is 0.416 e. The number of hydrogen-bond acceptors (Lipinski definition) is 2. The molecule has 0 saturated heterocycles. The van der Waals surface area contributed by atoms with Gasteiger partial charge in [-0.2, -0.15) is 13.2 Å².